The highest BCUT2D eigenvalue weighted by Gasteiger charge is 2.12. The van der Waals surface area contributed by atoms with E-state index >= 15 is 0 Å². The molecule has 0 fully saturated rings. The Morgan fingerprint density at radius 1 is 1.25 bits per heavy atom. The van der Waals surface area contributed by atoms with E-state index in [1.165, 1.54) is 17.4 Å². The van der Waals surface area contributed by atoms with Crippen molar-refractivity contribution in [3.8, 4) is 5.75 Å². The van der Waals surface area contributed by atoms with Gasteiger partial charge in [-0.1, -0.05) is 6.07 Å². The largest absolute Gasteiger partial charge is 0.432 e. The molecule has 24 heavy (non-hydrogen) atoms. The lowest BCUT2D eigenvalue weighted by molar-refractivity contribution is -0.116. The molecule has 0 saturated heterocycles. The van der Waals surface area contributed by atoms with Gasteiger partial charge in [-0.25, -0.2) is 4.39 Å². The molecule has 0 bridgehead atoms. The van der Waals surface area contributed by atoms with Crippen LogP contribution in [0.1, 0.15) is 16.1 Å². The van der Waals surface area contributed by atoms with Crippen molar-refractivity contribution in [2.75, 3.05) is 11.9 Å². The molecule has 2 N–H and O–H groups in total. The summed E-state index contributed by atoms with van der Waals surface area (Å²) in [4.78, 5) is 23.9. The van der Waals surface area contributed by atoms with Crippen molar-refractivity contribution >= 4 is 28.8 Å². The van der Waals surface area contributed by atoms with Crippen LogP contribution in [0.25, 0.3) is 0 Å². The van der Waals surface area contributed by atoms with Gasteiger partial charge in [-0.05, 0) is 23.6 Å². The van der Waals surface area contributed by atoms with Gasteiger partial charge in [0.2, 0.25) is 5.91 Å². The van der Waals surface area contributed by atoms with Crippen LogP contribution in [-0.2, 0) is 4.79 Å². The van der Waals surface area contributed by atoms with Crippen LogP contribution in [-0.4, -0.2) is 25.0 Å². The van der Waals surface area contributed by atoms with E-state index < -0.39 is 24.1 Å². The molecule has 1 heterocycles. The Kier molecular flexibility index (Phi) is 6.19. The molecule has 9 heteroatoms. The third-order valence-corrected chi connectivity index (χ3v) is 3.68. The van der Waals surface area contributed by atoms with Gasteiger partial charge in [0.15, 0.2) is 11.6 Å². The summed E-state index contributed by atoms with van der Waals surface area (Å²) in [5, 5.41) is 6.74. The summed E-state index contributed by atoms with van der Waals surface area (Å²) in [5.74, 6) is -2.36. The normalized spacial score (nSPS) is 10.5. The van der Waals surface area contributed by atoms with Gasteiger partial charge in [-0.15, -0.1) is 11.3 Å². The molecule has 128 valence electrons. The van der Waals surface area contributed by atoms with E-state index in [1.54, 1.807) is 17.5 Å². The Balaban J connectivity index is 1.80. The van der Waals surface area contributed by atoms with E-state index in [2.05, 4.69) is 15.4 Å². The van der Waals surface area contributed by atoms with Gasteiger partial charge in [-0.3, -0.25) is 9.59 Å². The molecule has 0 unspecified atom stereocenters. The summed E-state index contributed by atoms with van der Waals surface area (Å²) in [5.41, 5.74) is 0.101. The molecule has 0 radical (unpaired) electrons. The molecule has 0 aliphatic carbocycles. The van der Waals surface area contributed by atoms with Gasteiger partial charge in [0.25, 0.3) is 5.91 Å². The molecule has 0 aliphatic heterocycles. The summed E-state index contributed by atoms with van der Waals surface area (Å²) in [6, 6.07) is 6.51. The Bertz CT molecular complexity index is 708. The highest BCUT2D eigenvalue weighted by molar-refractivity contribution is 7.12. The summed E-state index contributed by atoms with van der Waals surface area (Å²) < 4.78 is 41.5. The van der Waals surface area contributed by atoms with Crippen molar-refractivity contribution in [1.82, 2.24) is 5.32 Å². The topological polar surface area (TPSA) is 67.4 Å². The summed E-state index contributed by atoms with van der Waals surface area (Å²) in [7, 11) is 0. The second kappa shape index (κ2) is 8.34. The smallest absolute Gasteiger partial charge is 0.387 e. The molecule has 2 aromatic rings. The van der Waals surface area contributed by atoms with Gasteiger partial charge >= 0.3 is 6.61 Å². The van der Waals surface area contributed by atoms with E-state index in [9.17, 15) is 22.8 Å². The first kappa shape index (κ1) is 17.8. The van der Waals surface area contributed by atoms with Crippen LogP contribution in [0, 0.1) is 5.82 Å². The number of nitrogens with one attached hydrogen (secondary N) is 2. The Labute approximate surface area is 139 Å². The number of rotatable bonds is 7. The van der Waals surface area contributed by atoms with Crippen LogP contribution >= 0.6 is 11.3 Å². The van der Waals surface area contributed by atoms with Crippen molar-refractivity contribution in [3.63, 3.8) is 0 Å². The van der Waals surface area contributed by atoms with Crippen molar-refractivity contribution in [3.05, 3.63) is 46.4 Å². The molecule has 5 nitrogen and oxygen atoms in total. The Morgan fingerprint density at radius 3 is 2.67 bits per heavy atom. The van der Waals surface area contributed by atoms with E-state index in [1.807, 2.05) is 0 Å². The maximum Gasteiger partial charge on any atom is 0.387 e. The third kappa shape index (κ3) is 5.27. The highest BCUT2D eigenvalue weighted by atomic mass is 32.1. The molecule has 1 aromatic carbocycles. The van der Waals surface area contributed by atoms with Gasteiger partial charge < -0.3 is 15.4 Å². The number of hydrogen-bond acceptors (Lipinski definition) is 4. The number of anilines is 1. The number of halogens is 3. The first-order valence-corrected chi connectivity index (χ1v) is 7.69. The quantitative estimate of drug-likeness (QED) is 0.798. The number of thiophene rings is 1. The molecule has 2 rings (SSSR count). The predicted octanol–water partition coefficient (Wildman–Crippen LogP) is 3.25. The zero-order valence-electron chi connectivity index (χ0n) is 12.2. The van der Waals surface area contributed by atoms with Crippen LogP contribution < -0.4 is 15.4 Å². The number of hydrogen-bond donors (Lipinski definition) is 2. The number of carbonyl (C=O) groups excluding carboxylic acids is 2. The van der Waals surface area contributed by atoms with E-state index in [-0.39, 0.29) is 24.6 Å². The van der Waals surface area contributed by atoms with Crippen molar-refractivity contribution < 1.29 is 27.5 Å². The first-order chi connectivity index (χ1) is 11.5. The van der Waals surface area contributed by atoms with Gasteiger partial charge in [0.05, 0.1) is 4.88 Å². The lowest BCUT2D eigenvalue weighted by Gasteiger charge is -2.09. The number of amides is 2. The fourth-order valence-corrected chi connectivity index (χ4v) is 2.42. The van der Waals surface area contributed by atoms with Crippen molar-refractivity contribution in [2.45, 2.75) is 13.0 Å². The zero-order valence-corrected chi connectivity index (χ0v) is 13.0. The second-order valence-electron chi connectivity index (χ2n) is 4.56. The Hall–Kier alpha value is -2.55. The standard InChI is InChI=1S/C15H13F3N2O3S/c16-10-8-9(3-4-11(10)23-15(17)18)20-13(21)5-6-19-14(22)12-2-1-7-24-12/h1-4,7-8,15H,5-6H2,(H,19,22)(H,20,21). The molecular weight excluding hydrogens is 345 g/mol. The van der Waals surface area contributed by atoms with E-state index in [0.717, 1.165) is 12.1 Å². The van der Waals surface area contributed by atoms with Gasteiger partial charge in [0, 0.05) is 24.7 Å². The molecule has 0 spiro atoms. The van der Waals surface area contributed by atoms with Crippen LogP contribution in [0.3, 0.4) is 0 Å². The van der Waals surface area contributed by atoms with E-state index in [0.29, 0.717) is 4.88 Å². The number of carbonyl (C=O) groups is 2. The SMILES string of the molecule is O=C(CCNC(=O)c1cccs1)Nc1ccc(OC(F)F)c(F)c1. The minimum absolute atomic E-state index is 0.0198. The number of benzene rings is 1. The van der Waals surface area contributed by atoms with Crippen LogP contribution in [0.15, 0.2) is 35.7 Å². The molecular formula is C15H13F3N2O3S. The summed E-state index contributed by atoms with van der Waals surface area (Å²) >= 11 is 1.28. The Morgan fingerprint density at radius 2 is 2.04 bits per heavy atom. The van der Waals surface area contributed by atoms with Crippen molar-refractivity contribution in [1.29, 1.82) is 0 Å². The van der Waals surface area contributed by atoms with E-state index in [4.69, 9.17) is 0 Å². The predicted molar refractivity (Wildman–Crippen MR) is 82.9 cm³/mol. The molecule has 0 saturated carbocycles. The minimum atomic E-state index is -3.13. The van der Waals surface area contributed by atoms with Crippen LogP contribution in [0.2, 0.25) is 0 Å². The molecule has 2 amide bonds. The van der Waals surface area contributed by atoms with Crippen LogP contribution in [0.4, 0.5) is 18.9 Å². The zero-order chi connectivity index (χ0) is 17.5. The average molecular weight is 358 g/mol. The maximum absolute atomic E-state index is 13.5. The van der Waals surface area contributed by atoms with Gasteiger partial charge in [-0.2, -0.15) is 8.78 Å². The fourth-order valence-electron chi connectivity index (χ4n) is 1.78. The monoisotopic (exact) mass is 358 g/mol. The minimum Gasteiger partial charge on any atom is -0.432 e. The molecule has 0 aliphatic rings. The lowest BCUT2D eigenvalue weighted by Crippen LogP contribution is -2.27. The second-order valence-corrected chi connectivity index (χ2v) is 5.50. The summed E-state index contributed by atoms with van der Waals surface area (Å²) in [6.45, 7) is -3.02. The third-order valence-electron chi connectivity index (χ3n) is 2.81. The first-order valence-electron chi connectivity index (χ1n) is 6.81. The number of alkyl halides is 2. The van der Waals surface area contributed by atoms with Crippen molar-refractivity contribution in [2.24, 2.45) is 0 Å². The average Bonchev–Trinajstić information content (AvgIpc) is 3.04. The lowest BCUT2D eigenvalue weighted by atomic mass is 10.2. The van der Waals surface area contributed by atoms with Crippen LogP contribution in [0.5, 0.6) is 5.75 Å². The highest BCUT2D eigenvalue weighted by Crippen LogP contribution is 2.22. The van der Waals surface area contributed by atoms with Gasteiger partial charge in [0.1, 0.15) is 0 Å². The number of ether oxygens (including phenoxy) is 1. The molecule has 0 atom stereocenters. The summed E-state index contributed by atoms with van der Waals surface area (Å²) in [6.07, 6.45) is -0.0198. The molecule has 1 aromatic heterocycles. The maximum atomic E-state index is 13.5. The fraction of sp³-hybridized carbons (Fsp3) is 0.200.